The number of imidazole rings is 1. The Hall–Kier alpha value is -4.09. The van der Waals surface area contributed by atoms with Gasteiger partial charge in [0.15, 0.2) is 0 Å². The summed E-state index contributed by atoms with van der Waals surface area (Å²) in [6.07, 6.45) is 4.52. The zero-order chi connectivity index (χ0) is 27.1. The number of carbonyl (C=O) groups is 1. The number of hydrogen-bond donors (Lipinski definition) is 3. The van der Waals surface area contributed by atoms with Gasteiger partial charge in [-0.15, -0.1) is 0 Å². The van der Waals surface area contributed by atoms with Crippen LogP contribution in [0, 0.1) is 10.1 Å². The zero-order valence-electron chi connectivity index (χ0n) is 20.9. The summed E-state index contributed by atoms with van der Waals surface area (Å²) in [7, 11) is -2.50. The van der Waals surface area contributed by atoms with E-state index in [4.69, 9.17) is 0 Å². The molecule has 3 N–H and O–H groups in total. The molecule has 1 amide bonds. The summed E-state index contributed by atoms with van der Waals surface area (Å²) < 4.78 is 29.1. The van der Waals surface area contributed by atoms with Gasteiger partial charge in [0.25, 0.3) is 5.69 Å². The number of fused-ring (bicyclic) bond motifs is 1. The molecule has 4 rings (SSSR count). The van der Waals surface area contributed by atoms with E-state index >= 15 is 0 Å². The molecule has 0 spiro atoms. The second-order valence-electron chi connectivity index (χ2n) is 8.94. The molecule has 3 aromatic carbocycles. The number of H-pyrrole nitrogens is 1. The highest BCUT2D eigenvalue weighted by atomic mass is 32.2. The first kappa shape index (κ1) is 27.0. The summed E-state index contributed by atoms with van der Waals surface area (Å²) in [5.41, 5.74) is 1.34. The van der Waals surface area contributed by atoms with Crippen molar-refractivity contribution in [2.75, 3.05) is 7.05 Å². The number of rotatable bonds is 12. The van der Waals surface area contributed by atoms with Gasteiger partial charge in [0.05, 0.1) is 27.8 Å². The van der Waals surface area contributed by atoms with Crippen LogP contribution in [0.4, 0.5) is 5.69 Å². The van der Waals surface area contributed by atoms with Gasteiger partial charge < -0.3 is 10.3 Å². The Balaban J connectivity index is 1.57. The van der Waals surface area contributed by atoms with Crippen LogP contribution in [0.2, 0.25) is 0 Å². The summed E-state index contributed by atoms with van der Waals surface area (Å²) in [4.78, 5) is 29.6. The van der Waals surface area contributed by atoms with Crippen LogP contribution in [-0.4, -0.2) is 36.3 Å². The Morgan fingerprint density at radius 2 is 1.82 bits per heavy atom. The van der Waals surface area contributed by atoms with Crippen LogP contribution in [0.5, 0.6) is 0 Å². The number of carbonyl (C=O) groups excluding carboxylic acids is 1. The standard InChI is InChI=1S/C27H29N5O5S/c1-28-26(33)13-4-2-3-12-24(31-38(36,37)23-11-7-10-22(17-23)32(34)35)27-29-18-25(30-27)21-15-14-19-8-5-6-9-20(19)16-21/h5-11,14-18,24,31H,2-4,12-13H2,1H3,(H,28,33)(H,29,30)/t24-/m0/s1. The highest BCUT2D eigenvalue weighted by Crippen LogP contribution is 2.27. The van der Waals surface area contributed by atoms with Crippen molar-refractivity contribution in [3.63, 3.8) is 0 Å². The fourth-order valence-electron chi connectivity index (χ4n) is 4.22. The molecule has 10 nitrogen and oxygen atoms in total. The van der Waals surface area contributed by atoms with Crippen molar-refractivity contribution in [1.82, 2.24) is 20.0 Å². The lowest BCUT2D eigenvalue weighted by atomic mass is 10.1. The topological polar surface area (TPSA) is 147 Å². The van der Waals surface area contributed by atoms with Gasteiger partial charge in [0, 0.05) is 31.2 Å². The quantitative estimate of drug-likeness (QED) is 0.134. The molecule has 4 aromatic rings. The molecule has 0 aliphatic carbocycles. The number of amides is 1. The number of nitro groups is 1. The van der Waals surface area contributed by atoms with Gasteiger partial charge in [-0.1, -0.05) is 55.3 Å². The second kappa shape index (κ2) is 12.0. The number of nitro benzene ring substituents is 1. The lowest BCUT2D eigenvalue weighted by Gasteiger charge is -2.17. The van der Waals surface area contributed by atoms with Crippen molar-refractivity contribution >= 4 is 32.4 Å². The number of nitrogens with zero attached hydrogens (tertiary/aromatic N) is 2. The Kier molecular flexibility index (Phi) is 8.49. The highest BCUT2D eigenvalue weighted by Gasteiger charge is 2.25. The van der Waals surface area contributed by atoms with Gasteiger partial charge in [0.2, 0.25) is 15.9 Å². The average Bonchev–Trinajstić information content (AvgIpc) is 3.42. The van der Waals surface area contributed by atoms with Crippen molar-refractivity contribution in [2.24, 2.45) is 0 Å². The van der Waals surface area contributed by atoms with Crippen LogP contribution < -0.4 is 10.0 Å². The average molecular weight is 536 g/mol. The number of non-ortho nitro benzene ring substituents is 1. The fraction of sp³-hybridized carbons (Fsp3) is 0.259. The van der Waals surface area contributed by atoms with Gasteiger partial charge in [-0.2, -0.15) is 0 Å². The molecule has 198 valence electrons. The van der Waals surface area contributed by atoms with E-state index in [1.54, 1.807) is 13.2 Å². The Morgan fingerprint density at radius 1 is 1.03 bits per heavy atom. The van der Waals surface area contributed by atoms with Crippen molar-refractivity contribution in [3.05, 3.63) is 88.9 Å². The van der Waals surface area contributed by atoms with Crippen LogP contribution >= 0.6 is 0 Å². The molecular formula is C27H29N5O5S. The molecule has 1 heterocycles. The molecule has 0 saturated carbocycles. The lowest BCUT2D eigenvalue weighted by molar-refractivity contribution is -0.385. The van der Waals surface area contributed by atoms with Crippen molar-refractivity contribution in [1.29, 1.82) is 0 Å². The molecule has 0 unspecified atom stereocenters. The Morgan fingerprint density at radius 3 is 2.58 bits per heavy atom. The van der Waals surface area contributed by atoms with Crippen LogP contribution in [0.1, 0.15) is 44.0 Å². The largest absolute Gasteiger partial charge is 0.359 e. The van der Waals surface area contributed by atoms with E-state index < -0.39 is 21.0 Å². The molecule has 0 radical (unpaired) electrons. The molecule has 0 bridgehead atoms. The third kappa shape index (κ3) is 6.61. The third-order valence-electron chi connectivity index (χ3n) is 6.30. The number of benzene rings is 3. The van der Waals surface area contributed by atoms with E-state index in [9.17, 15) is 23.3 Å². The molecule has 0 fully saturated rings. The van der Waals surface area contributed by atoms with E-state index in [0.717, 1.165) is 34.5 Å². The smallest absolute Gasteiger partial charge is 0.270 e. The first-order valence-corrected chi connectivity index (χ1v) is 13.8. The van der Waals surface area contributed by atoms with E-state index in [2.05, 4.69) is 20.0 Å². The summed E-state index contributed by atoms with van der Waals surface area (Å²) in [5, 5.41) is 15.9. The molecule has 1 atom stereocenters. The maximum absolute atomic E-state index is 13.2. The van der Waals surface area contributed by atoms with Gasteiger partial charge >= 0.3 is 0 Å². The number of hydrogen-bond acceptors (Lipinski definition) is 6. The van der Waals surface area contributed by atoms with E-state index in [0.29, 0.717) is 31.5 Å². The normalized spacial score (nSPS) is 12.3. The number of aromatic amines is 1. The first-order chi connectivity index (χ1) is 18.3. The first-order valence-electron chi connectivity index (χ1n) is 12.3. The summed E-state index contributed by atoms with van der Waals surface area (Å²) >= 11 is 0. The second-order valence-corrected chi connectivity index (χ2v) is 10.7. The van der Waals surface area contributed by atoms with Crippen molar-refractivity contribution < 1.29 is 18.1 Å². The maximum atomic E-state index is 13.2. The van der Waals surface area contributed by atoms with Crippen LogP contribution in [0.3, 0.4) is 0 Å². The zero-order valence-corrected chi connectivity index (χ0v) is 21.7. The van der Waals surface area contributed by atoms with E-state index in [1.165, 1.54) is 18.2 Å². The summed E-state index contributed by atoms with van der Waals surface area (Å²) in [6, 6.07) is 18.2. The van der Waals surface area contributed by atoms with Gasteiger partial charge in [-0.25, -0.2) is 18.1 Å². The van der Waals surface area contributed by atoms with Crippen LogP contribution in [0.25, 0.3) is 22.0 Å². The minimum Gasteiger partial charge on any atom is -0.359 e. The van der Waals surface area contributed by atoms with E-state index in [1.807, 2.05) is 42.5 Å². The van der Waals surface area contributed by atoms with Crippen molar-refractivity contribution in [3.8, 4) is 11.3 Å². The predicted octanol–water partition coefficient (Wildman–Crippen LogP) is 4.85. The number of unbranched alkanes of at least 4 members (excludes halogenated alkanes) is 2. The fourth-order valence-corrected chi connectivity index (χ4v) is 5.50. The Labute approximate surface area is 220 Å². The van der Waals surface area contributed by atoms with E-state index in [-0.39, 0.29) is 16.5 Å². The minimum absolute atomic E-state index is 0.0426. The number of nitrogens with one attached hydrogen (secondary N) is 3. The highest BCUT2D eigenvalue weighted by molar-refractivity contribution is 7.89. The molecule has 0 aliphatic heterocycles. The monoisotopic (exact) mass is 535 g/mol. The van der Waals surface area contributed by atoms with Gasteiger partial charge in [-0.05, 0) is 35.7 Å². The SMILES string of the molecule is CNC(=O)CCCCC[C@H](NS(=O)(=O)c1cccc([N+](=O)[O-])c1)c1ncc(-c2ccc3ccccc3c2)[nH]1. The van der Waals surface area contributed by atoms with Crippen LogP contribution in [-0.2, 0) is 14.8 Å². The Bertz CT molecular complexity index is 1550. The summed E-state index contributed by atoms with van der Waals surface area (Å²) in [5.74, 6) is 0.396. The molecule has 38 heavy (non-hydrogen) atoms. The minimum atomic E-state index is -4.09. The van der Waals surface area contributed by atoms with Crippen molar-refractivity contribution in [2.45, 2.75) is 43.0 Å². The molecule has 11 heteroatoms. The van der Waals surface area contributed by atoms with Gasteiger partial charge in [-0.3, -0.25) is 14.9 Å². The molecule has 0 saturated heterocycles. The third-order valence-corrected chi connectivity index (χ3v) is 7.77. The molecule has 1 aromatic heterocycles. The predicted molar refractivity (Wildman–Crippen MR) is 145 cm³/mol. The lowest BCUT2D eigenvalue weighted by Crippen LogP contribution is -2.29. The van der Waals surface area contributed by atoms with Crippen LogP contribution in [0.15, 0.2) is 77.8 Å². The summed E-state index contributed by atoms with van der Waals surface area (Å²) in [6.45, 7) is 0. The molecule has 0 aliphatic rings. The number of aromatic nitrogens is 2. The van der Waals surface area contributed by atoms with Gasteiger partial charge in [0.1, 0.15) is 5.82 Å². The number of sulfonamides is 1. The maximum Gasteiger partial charge on any atom is 0.270 e. The molecular weight excluding hydrogens is 506 g/mol.